The van der Waals surface area contributed by atoms with Crippen molar-refractivity contribution in [2.45, 2.75) is 25.5 Å². The van der Waals surface area contributed by atoms with Crippen LogP contribution in [-0.4, -0.2) is 26.3 Å². The molecule has 0 spiro atoms. The molecule has 0 unspecified atom stereocenters. The standard InChI is InChI=1S/C13H19ClN2O/c1-17-11-4-6-16(7-5-11)13-3-2-10(9-15)8-12(13)14/h2-3,8,11H,4-7,9,15H2,1H3. The van der Waals surface area contributed by atoms with Crippen molar-refractivity contribution in [3.63, 3.8) is 0 Å². The molecule has 1 heterocycles. The maximum atomic E-state index is 6.28. The molecule has 2 N–H and O–H groups in total. The third-order valence-electron chi connectivity index (χ3n) is 3.36. The van der Waals surface area contributed by atoms with E-state index in [9.17, 15) is 0 Å². The number of benzene rings is 1. The lowest BCUT2D eigenvalue weighted by atomic mass is 10.1. The minimum atomic E-state index is 0.397. The van der Waals surface area contributed by atoms with Gasteiger partial charge in [-0.2, -0.15) is 0 Å². The minimum absolute atomic E-state index is 0.397. The van der Waals surface area contributed by atoms with E-state index < -0.39 is 0 Å². The molecule has 0 saturated carbocycles. The van der Waals surface area contributed by atoms with Gasteiger partial charge >= 0.3 is 0 Å². The van der Waals surface area contributed by atoms with Crippen LogP contribution < -0.4 is 10.6 Å². The van der Waals surface area contributed by atoms with Gasteiger partial charge in [0.05, 0.1) is 16.8 Å². The van der Waals surface area contributed by atoms with Crippen LogP contribution in [0.15, 0.2) is 18.2 Å². The smallest absolute Gasteiger partial charge is 0.0642 e. The molecule has 0 amide bonds. The predicted molar refractivity (Wildman–Crippen MR) is 71.6 cm³/mol. The first-order valence-corrected chi connectivity index (χ1v) is 6.38. The zero-order valence-corrected chi connectivity index (χ0v) is 10.9. The first-order chi connectivity index (χ1) is 8.24. The van der Waals surface area contributed by atoms with Gasteiger partial charge in [0.2, 0.25) is 0 Å². The van der Waals surface area contributed by atoms with E-state index in [4.69, 9.17) is 22.1 Å². The van der Waals surface area contributed by atoms with Crippen LogP contribution in [0.4, 0.5) is 5.69 Å². The second-order valence-electron chi connectivity index (χ2n) is 4.41. The maximum Gasteiger partial charge on any atom is 0.0642 e. The third kappa shape index (κ3) is 2.92. The second kappa shape index (κ2) is 5.71. The quantitative estimate of drug-likeness (QED) is 0.900. The number of nitrogens with zero attached hydrogens (tertiary/aromatic N) is 1. The zero-order valence-electron chi connectivity index (χ0n) is 10.2. The van der Waals surface area contributed by atoms with Gasteiger partial charge < -0.3 is 15.4 Å². The summed E-state index contributed by atoms with van der Waals surface area (Å²) in [5, 5.41) is 0.795. The summed E-state index contributed by atoms with van der Waals surface area (Å²) in [4.78, 5) is 2.32. The molecule has 1 aliphatic rings. The molecule has 0 aromatic heterocycles. The Labute approximate surface area is 107 Å². The highest BCUT2D eigenvalue weighted by Gasteiger charge is 2.20. The lowest BCUT2D eigenvalue weighted by molar-refractivity contribution is 0.0819. The second-order valence-corrected chi connectivity index (χ2v) is 4.82. The van der Waals surface area contributed by atoms with E-state index in [1.165, 1.54) is 0 Å². The Hall–Kier alpha value is -0.770. The first kappa shape index (κ1) is 12.7. The molecule has 0 aliphatic carbocycles. The van der Waals surface area contributed by atoms with Crippen LogP contribution in [0.25, 0.3) is 0 Å². The van der Waals surface area contributed by atoms with Crippen LogP contribution in [0.3, 0.4) is 0 Å². The highest BCUT2D eigenvalue weighted by molar-refractivity contribution is 6.33. The Morgan fingerprint density at radius 3 is 2.65 bits per heavy atom. The normalized spacial score (nSPS) is 17.5. The Balaban J connectivity index is 2.08. The van der Waals surface area contributed by atoms with E-state index in [2.05, 4.69) is 11.0 Å². The van der Waals surface area contributed by atoms with Crippen molar-refractivity contribution >= 4 is 17.3 Å². The number of anilines is 1. The van der Waals surface area contributed by atoms with Gasteiger partial charge in [-0.1, -0.05) is 17.7 Å². The van der Waals surface area contributed by atoms with Crippen LogP contribution in [0, 0.1) is 0 Å². The number of halogens is 1. The molecule has 3 nitrogen and oxygen atoms in total. The van der Waals surface area contributed by atoms with E-state index in [1.807, 2.05) is 12.1 Å². The van der Waals surface area contributed by atoms with Crippen molar-refractivity contribution in [2.24, 2.45) is 5.73 Å². The Kier molecular flexibility index (Phi) is 4.26. The maximum absolute atomic E-state index is 6.28. The van der Waals surface area contributed by atoms with E-state index in [0.717, 1.165) is 42.2 Å². The van der Waals surface area contributed by atoms with Crippen molar-refractivity contribution in [3.8, 4) is 0 Å². The molecular formula is C13H19ClN2O. The third-order valence-corrected chi connectivity index (χ3v) is 3.67. The number of hydrogen-bond donors (Lipinski definition) is 1. The number of hydrogen-bond acceptors (Lipinski definition) is 3. The van der Waals surface area contributed by atoms with Crippen LogP contribution in [0.1, 0.15) is 18.4 Å². The SMILES string of the molecule is COC1CCN(c2ccc(CN)cc2Cl)CC1. The Bertz CT molecular complexity index is 376. The van der Waals surface area contributed by atoms with Crippen molar-refractivity contribution in [3.05, 3.63) is 28.8 Å². The minimum Gasteiger partial charge on any atom is -0.381 e. The number of nitrogens with two attached hydrogens (primary N) is 1. The number of ether oxygens (including phenoxy) is 1. The first-order valence-electron chi connectivity index (χ1n) is 6.01. The average molecular weight is 255 g/mol. The van der Waals surface area contributed by atoms with Crippen molar-refractivity contribution in [1.29, 1.82) is 0 Å². The summed E-state index contributed by atoms with van der Waals surface area (Å²) in [6, 6.07) is 6.07. The zero-order chi connectivity index (χ0) is 12.3. The van der Waals surface area contributed by atoms with Crippen LogP contribution in [0.5, 0.6) is 0 Å². The van der Waals surface area contributed by atoms with Gasteiger partial charge in [-0.25, -0.2) is 0 Å². The number of rotatable bonds is 3. The topological polar surface area (TPSA) is 38.5 Å². The molecule has 1 aromatic rings. The van der Waals surface area contributed by atoms with E-state index in [-0.39, 0.29) is 0 Å². The summed E-state index contributed by atoms with van der Waals surface area (Å²) in [5.74, 6) is 0. The summed E-state index contributed by atoms with van der Waals surface area (Å²) in [6.45, 7) is 2.53. The highest BCUT2D eigenvalue weighted by Crippen LogP contribution is 2.29. The van der Waals surface area contributed by atoms with Gasteiger partial charge in [-0.15, -0.1) is 0 Å². The molecule has 0 radical (unpaired) electrons. The van der Waals surface area contributed by atoms with Gasteiger partial charge in [-0.3, -0.25) is 0 Å². The Morgan fingerprint density at radius 1 is 1.41 bits per heavy atom. The van der Waals surface area contributed by atoms with Crippen molar-refractivity contribution in [1.82, 2.24) is 0 Å². The van der Waals surface area contributed by atoms with Crippen molar-refractivity contribution in [2.75, 3.05) is 25.1 Å². The Morgan fingerprint density at radius 2 is 2.12 bits per heavy atom. The fraction of sp³-hybridized carbons (Fsp3) is 0.538. The van der Waals surface area contributed by atoms with Gasteiger partial charge in [0.1, 0.15) is 0 Å². The molecule has 17 heavy (non-hydrogen) atoms. The van der Waals surface area contributed by atoms with Gasteiger partial charge in [0, 0.05) is 26.7 Å². The van der Waals surface area contributed by atoms with E-state index >= 15 is 0 Å². The van der Waals surface area contributed by atoms with Crippen LogP contribution in [0.2, 0.25) is 5.02 Å². The predicted octanol–water partition coefficient (Wildman–Crippen LogP) is 2.41. The van der Waals surface area contributed by atoms with Gasteiger partial charge in [0.25, 0.3) is 0 Å². The fourth-order valence-corrected chi connectivity index (χ4v) is 2.59. The summed E-state index contributed by atoms with van der Waals surface area (Å²) < 4.78 is 5.37. The molecule has 0 bridgehead atoms. The van der Waals surface area contributed by atoms with Crippen molar-refractivity contribution < 1.29 is 4.74 Å². The van der Waals surface area contributed by atoms with Gasteiger partial charge in [0.15, 0.2) is 0 Å². The van der Waals surface area contributed by atoms with Crippen LogP contribution in [-0.2, 0) is 11.3 Å². The summed E-state index contributed by atoms with van der Waals surface area (Å²) in [6.07, 6.45) is 2.52. The molecular weight excluding hydrogens is 236 g/mol. The summed E-state index contributed by atoms with van der Waals surface area (Å²) in [5.41, 5.74) is 7.78. The summed E-state index contributed by atoms with van der Waals surface area (Å²) in [7, 11) is 1.78. The van der Waals surface area contributed by atoms with E-state index in [0.29, 0.717) is 12.6 Å². The highest BCUT2D eigenvalue weighted by atomic mass is 35.5. The molecule has 0 atom stereocenters. The molecule has 1 saturated heterocycles. The van der Waals surface area contributed by atoms with E-state index in [1.54, 1.807) is 7.11 Å². The monoisotopic (exact) mass is 254 g/mol. The molecule has 1 fully saturated rings. The largest absolute Gasteiger partial charge is 0.381 e. The molecule has 1 aliphatic heterocycles. The van der Waals surface area contributed by atoms with Crippen LogP contribution >= 0.6 is 11.6 Å². The lowest BCUT2D eigenvalue weighted by Crippen LogP contribution is -2.36. The lowest BCUT2D eigenvalue weighted by Gasteiger charge is -2.33. The molecule has 4 heteroatoms. The molecule has 2 rings (SSSR count). The molecule has 94 valence electrons. The molecule has 1 aromatic carbocycles. The fourth-order valence-electron chi connectivity index (χ4n) is 2.27. The number of methoxy groups -OCH3 is 1. The van der Waals surface area contributed by atoms with Gasteiger partial charge in [-0.05, 0) is 30.5 Å². The average Bonchev–Trinajstić information content (AvgIpc) is 2.39. The number of piperidine rings is 1. The summed E-state index contributed by atoms with van der Waals surface area (Å²) >= 11 is 6.28.